The molecule has 0 spiro atoms. The minimum atomic E-state index is -4.69. The summed E-state index contributed by atoms with van der Waals surface area (Å²) in [6.07, 6.45) is -5.55. The number of halogens is 3. The molecular weight excluding hydrogens is 539 g/mol. The van der Waals surface area contributed by atoms with Gasteiger partial charge in [0.1, 0.15) is 17.1 Å². The number of ether oxygens (including phenoxy) is 1. The van der Waals surface area contributed by atoms with Crippen LogP contribution in [0.2, 0.25) is 0 Å². The molecule has 5 rings (SSSR count). The molecule has 5 aromatic rings. The van der Waals surface area contributed by atoms with Crippen molar-refractivity contribution in [1.82, 2.24) is 9.97 Å². The van der Waals surface area contributed by atoms with Crippen LogP contribution >= 0.6 is 11.3 Å². The maximum atomic E-state index is 14.2. The largest absolute Gasteiger partial charge is 0.480 e. The number of hydrogen-bond donors (Lipinski definition) is 2. The monoisotopic (exact) mass is 563 g/mol. The summed E-state index contributed by atoms with van der Waals surface area (Å²) in [4.78, 5) is 19.4. The molecule has 3 aromatic carbocycles. The highest BCUT2D eigenvalue weighted by Crippen LogP contribution is 2.42. The molecule has 0 amide bonds. The van der Waals surface area contributed by atoms with E-state index in [0.717, 1.165) is 27.8 Å². The Labute approximate surface area is 231 Å². The summed E-state index contributed by atoms with van der Waals surface area (Å²) in [5.74, 6) is -1.24. The Morgan fingerprint density at radius 2 is 1.70 bits per heavy atom. The van der Waals surface area contributed by atoms with Gasteiger partial charge in [0.15, 0.2) is 0 Å². The van der Waals surface area contributed by atoms with E-state index >= 15 is 0 Å². The quantitative estimate of drug-likeness (QED) is 0.212. The summed E-state index contributed by atoms with van der Waals surface area (Å²) in [5, 5.41) is 10.8. The molecule has 40 heavy (non-hydrogen) atoms. The summed E-state index contributed by atoms with van der Waals surface area (Å²) >= 11 is 1.19. The van der Waals surface area contributed by atoms with Gasteiger partial charge in [0.2, 0.25) is 12.0 Å². The molecule has 0 radical (unpaired) electrons. The average Bonchev–Trinajstić information content (AvgIpc) is 3.36. The molecule has 2 aromatic heterocycles. The van der Waals surface area contributed by atoms with Crippen molar-refractivity contribution in [3.8, 4) is 28.1 Å². The highest BCUT2D eigenvalue weighted by atomic mass is 32.1. The summed E-state index contributed by atoms with van der Waals surface area (Å²) < 4.78 is 48.5. The predicted molar refractivity (Wildman–Crippen MR) is 148 cm³/mol. The number of aryl methyl sites for hydroxylation is 1. The number of thiophene rings is 1. The number of carbonyl (C=O) groups is 1. The second kappa shape index (κ2) is 11.1. The molecule has 2 heterocycles. The normalized spacial score (nSPS) is 13.2. The van der Waals surface area contributed by atoms with Crippen molar-refractivity contribution in [2.24, 2.45) is 5.73 Å². The summed E-state index contributed by atoms with van der Waals surface area (Å²) in [6.45, 7) is 1.96. The van der Waals surface area contributed by atoms with Crippen LogP contribution in [0, 0.1) is 6.92 Å². The van der Waals surface area contributed by atoms with Gasteiger partial charge in [-0.25, -0.2) is 9.97 Å². The number of alkyl halides is 3. The topological polar surface area (TPSA) is 98.3 Å². The van der Waals surface area contributed by atoms with Crippen molar-refractivity contribution < 1.29 is 27.8 Å². The van der Waals surface area contributed by atoms with Crippen molar-refractivity contribution in [2.75, 3.05) is 0 Å². The van der Waals surface area contributed by atoms with Crippen molar-refractivity contribution >= 4 is 27.5 Å². The fraction of sp³-hybridized carbons (Fsp3) is 0.167. The van der Waals surface area contributed by atoms with E-state index in [1.807, 2.05) is 31.2 Å². The van der Waals surface area contributed by atoms with Crippen LogP contribution in [0.3, 0.4) is 0 Å². The average molecular weight is 564 g/mol. The molecule has 0 aliphatic heterocycles. The standard InChI is InChI=1S/C30H24F3N3O3S/c1-17-3-2-4-22(13-17)19-9-11-21(12-10-19)27(30(31,32)33)39-28-26-25(35-16-36-28)23(15-40-26)20-7-5-18(6-8-20)14-24(34)29(37)38/h2-13,15-16,24,27H,14,34H2,1H3,(H,37,38)/t24-,27?/m0/s1. The van der Waals surface area contributed by atoms with Crippen LogP contribution in [0.15, 0.2) is 84.5 Å². The number of nitrogens with zero attached hydrogens (tertiary/aromatic N) is 2. The molecule has 204 valence electrons. The second-order valence-electron chi connectivity index (χ2n) is 9.38. The highest BCUT2D eigenvalue weighted by Gasteiger charge is 2.43. The summed E-state index contributed by atoms with van der Waals surface area (Å²) in [6, 6.07) is 20.0. The van der Waals surface area contributed by atoms with E-state index in [4.69, 9.17) is 15.6 Å². The third-order valence-corrected chi connectivity index (χ3v) is 7.41. The zero-order valence-corrected chi connectivity index (χ0v) is 22.0. The van der Waals surface area contributed by atoms with Crippen molar-refractivity contribution in [1.29, 1.82) is 0 Å². The van der Waals surface area contributed by atoms with E-state index in [-0.39, 0.29) is 17.9 Å². The Morgan fingerprint density at radius 3 is 2.35 bits per heavy atom. The fourth-order valence-electron chi connectivity index (χ4n) is 4.39. The minimum absolute atomic E-state index is 0.0393. The summed E-state index contributed by atoms with van der Waals surface area (Å²) in [7, 11) is 0. The van der Waals surface area contributed by atoms with E-state index in [1.54, 1.807) is 41.8 Å². The van der Waals surface area contributed by atoms with Gasteiger partial charge >= 0.3 is 12.1 Å². The van der Waals surface area contributed by atoms with E-state index in [0.29, 0.717) is 15.8 Å². The van der Waals surface area contributed by atoms with Crippen LogP contribution in [0.4, 0.5) is 13.2 Å². The molecule has 3 N–H and O–H groups in total. The molecule has 0 aliphatic rings. The van der Waals surface area contributed by atoms with Gasteiger partial charge in [0, 0.05) is 16.5 Å². The number of carboxylic acid groups (broad SMARTS) is 1. The Balaban J connectivity index is 1.42. The smallest absolute Gasteiger partial charge is 0.429 e. The highest BCUT2D eigenvalue weighted by molar-refractivity contribution is 7.18. The Morgan fingerprint density at radius 1 is 1.00 bits per heavy atom. The van der Waals surface area contributed by atoms with Gasteiger partial charge in [0.05, 0.1) is 5.52 Å². The first kappa shape index (κ1) is 27.3. The minimum Gasteiger partial charge on any atom is -0.480 e. The molecule has 1 unspecified atom stereocenters. The van der Waals surface area contributed by atoms with Crippen LogP contribution in [0.25, 0.3) is 32.5 Å². The fourth-order valence-corrected chi connectivity index (χ4v) is 5.35. The van der Waals surface area contributed by atoms with Crippen molar-refractivity contribution in [3.05, 3.63) is 101 Å². The molecule has 0 saturated carbocycles. The second-order valence-corrected chi connectivity index (χ2v) is 10.3. The summed E-state index contributed by atoms with van der Waals surface area (Å²) in [5.41, 5.74) is 11.0. The van der Waals surface area contributed by atoms with Gasteiger partial charge < -0.3 is 15.6 Å². The Hall–Kier alpha value is -4.28. The number of hydrogen-bond acceptors (Lipinski definition) is 6. The van der Waals surface area contributed by atoms with Gasteiger partial charge in [-0.15, -0.1) is 11.3 Å². The molecule has 0 bridgehead atoms. The molecule has 10 heteroatoms. The molecule has 6 nitrogen and oxygen atoms in total. The molecule has 0 saturated heterocycles. The zero-order valence-electron chi connectivity index (χ0n) is 21.2. The lowest BCUT2D eigenvalue weighted by Gasteiger charge is -2.22. The number of fused-ring (bicyclic) bond motifs is 1. The number of aliphatic carboxylic acids is 1. The number of aromatic nitrogens is 2. The van der Waals surface area contributed by atoms with Crippen molar-refractivity contribution in [2.45, 2.75) is 31.7 Å². The number of rotatable bonds is 8. The van der Waals surface area contributed by atoms with Gasteiger partial charge in [-0.05, 0) is 35.6 Å². The third kappa shape index (κ3) is 5.83. The van der Waals surface area contributed by atoms with Crippen LogP contribution < -0.4 is 10.5 Å². The molecule has 2 atom stereocenters. The van der Waals surface area contributed by atoms with Crippen LogP contribution in [-0.4, -0.2) is 33.3 Å². The first-order chi connectivity index (χ1) is 19.1. The van der Waals surface area contributed by atoms with E-state index in [9.17, 15) is 18.0 Å². The maximum Gasteiger partial charge on any atom is 0.429 e. The van der Waals surface area contributed by atoms with Crippen molar-refractivity contribution in [3.63, 3.8) is 0 Å². The van der Waals surface area contributed by atoms with Crippen LogP contribution in [0.5, 0.6) is 5.88 Å². The van der Waals surface area contributed by atoms with E-state index in [1.165, 1.54) is 29.8 Å². The van der Waals surface area contributed by atoms with E-state index in [2.05, 4.69) is 9.97 Å². The van der Waals surface area contributed by atoms with Gasteiger partial charge in [-0.1, -0.05) is 78.4 Å². The lowest BCUT2D eigenvalue weighted by Crippen LogP contribution is -2.32. The van der Waals surface area contributed by atoms with Gasteiger partial charge in [-0.2, -0.15) is 13.2 Å². The molecule has 0 aliphatic carbocycles. The molecule has 0 fully saturated rings. The molecular formula is C30H24F3N3O3S. The lowest BCUT2D eigenvalue weighted by molar-refractivity contribution is -0.198. The predicted octanol–water partition coefficient (Wildman–Crippen LogP) is 6.97. The maximum absolute atomic E-state index is 14.2. The number of nitrogens with two attached hydrogens (primary N) is 1. The van der Waals surface area contributed by atoms with Crippen LogP contribution in [-0.2, 0) is 11.2 Å². The number of carboxylic acids is 1. The Kier molecular flexibility index (Phi) is 7.55. The SMILES string of the molecule is Cc1cccc(-c2ccc(C(Oc3ncnc4c(-c5ccc(C[C@H](N)C(=O)O)cc5)csc34)C(F)(F)F)cc2)c1. The van der Waals surface area contributed by atoms with Gasteiger partial charge in [0.25, 0.3) is 0 Å². The lowest BCUT2D eigenvalue weighted by atomic mass is 10.0. The van der Waals surface area contributed by atoms with Gasteiger partial charge in [-0.3, -0.25) is 4.79 Å². The van der Waals surface area contributed by atoms with Crippen LogP contribution in [0.1, 0.15) is 22.8 Å². The Bertz CT molecular complexity index is 1650. The number of benzene rings is 3. The first-order valence-corrected chi connectivity index (χ1v) is 13.2. The van der Waals surface area contributed by atoms with E-state index < -0.39 is 24.3 Å². The zero-order chi connectivity index (χ0) is 28.4. The third-order valence-electron chi connectivity index (χ3n) is 6.45. The first-order valence-electron chi connectivity index (χ1n) is 12.3.